The summed E-state index contributed by atoms with van der Waals surface area (Å²) in [7, 11) is 0. The largest absolute Gasteiger partial charge is 0.388 e. The SMILES string of the molecule is O=C(CCn1ccnc1)NCC1(O)CCC1. The Morgan fingerprint density at radius 3 is 2.94 bits per heavy atom. The van der Waals surface area contributed by atoms with E-state index in [1.807, 2.05) is 10.8 Å². The Morgan fingerprint density at radius 2 is 2.38 bits per heavy atom. The van der Waals surface area contributed by atoms with Crippen molar-refractivity contribution in [2.45, 2.75) is 37.8 Å². The molecule has 2 N–H and O–H groups in total. The summed E-state index contributed by atoms with van der Waals surface area (Å²) in [4.78, 5) is 15.4. The Hall–Kier alpha value is -1.36. The predicted molar refractivity (Wildman–Crippen MR) is 58.7 cm³/mol. The number of amides is 1. The number of hydrogen-bond donors (Lipinski definition) is 2. The molecular formula is C11H17N3O2. The Balaban J connectivity index is 1.65. The fourth-order valence-corrected chi connectivity index (χ4v) is 1.76. The second-order valence-electron chi connectivity index (χ2n) is 4.41. The van der Waals surface area contributed by atoms with Crippen LogP contribution in [0.4, 0.5) is 0 Å². The van der Waals surface area contributed by atoms with Crippen molar-refractivity contribution in [3.05, 3.63) is 18.7 Å². The van der Waals surface area contributed by atoms with Crippen LogP contribution < -0.4 is 5.32 Å². The van der Waals surface area contributed by atoms with Crippen molar-refractivity contribution in [2.75, 3.05) is 6.54 Å². The van der Waals surface area contributed by atoms with E-state index >= 15 is 0 Å². The third-order valence-corrected chi connectivity index (χ3v) is 3.06. The van der Waals surface area contributed by atoms with Crippen LogP contribution in [0.25, 0.3) is 0 Å². The van der Waals surface area contributed by atoms with Crippen LogP contribution in [0.1, 0.15) is 25.7 Å². The summed E-state index contributed by atoms with van der Waals surface area (Å²) in [5.41, 5.74) is -0.634. The number of rotatable bonds is 5. The Bertz CT molecular complexity index is 344. The first-order valence-electron chi connectivity index (χ1n) is 5.63. The number of carbonyl (C=O) groups is 1. The van der Waals surface area contributed by atoms with Crippen LogP contribution in [0.5, 0.6) is 0 Å². The Labute approximate surface area is 94.5 Å². The van der Waals surface area contributed by atoms with E-state index in [9.17, 15) is 9.90 Å². The van der Waals surface area contributed by atoms with E-state index in [1.165, 1.54) is 0 Å². The monoisotopic (exact) mass is 223 g/mol. The first kappa shape index (κ1) is 11.1. The maximum atomic E-state index is 11.5. The lowest BCUT2D eigenvalue weighted by Gasteiger charge is -2.36. The standard InChI is InChI=1S/C11H17N3O2/c15-10(2-6-14-7-5-12-9-14)13-8-11(16)3-1-4-11/h5,7,9,16H,1-4,6,8H2,(H,13,15). The third kappa shape index (κ3) is 2.82. The summed E-state index contributed by atoms with van der Waals surface area (Å²) in [5.74, 6) is -0.0194. The number of aryl methyl sites for hydroxylation is 1. The van der Waals surface area contributed by atoms with E-state index in [0.29, 0.717) is 19.5 Å². The second-order valence-corrected chi connectivity index (χ2v) is 4.41. The predicted octanol–water partition coefficient (Wildman–Crippen LogP) is 0.304. The van der Waals surface area contributed by atoms with Gasteiger partial charge in [-0.1, -0.05) is 0 Å². The number of imidazole rings is 1. The van der Waals surface area contributed by atoms with Crippen LogP contribution in [0.15, 0.2) is 18.7 Å². The molecule has 1 heterocycles. The van der Waals surface area contributed by atoms with E-state index in [1.54, 1.807) is 12.5 Å². The van der Waals surface area contributed by atoms with E-state index in [0.717, 1.165) is 19.3 Å². The van der Waals surface area contributed by atoms with Gasteiger partial charge in [-0.15, -0.1) is 0 Å². The molecule has 0 unspecified atom stereocenters. The van der Waals surface area contributed by atoms with Gasteiger partial charge < -0.3 is 15.0 Å². The zero-order chi connectivity index (χ0) is 11.4. The van der Waals surface area contributed by atoms with E-state index < -0.39 is 5.60 Å². The van der Waals surface area contributed by atoms with Crippen LogP contribution in [0.3, 0.4) is 0 Å². The van der Waals surface area contributed by atoms with Crippen molar-refractivity contribution < 1.29 is 9.90 Å². The number of aliphatic hydroxyl groups is 1. The summed E-state index contributed by atoms with van der Waals surface area (Å²) in [6, 6.07) is 0. The molecule has 5 heteroatoms. The van der Waals surface area contributed by atoms with Crippen LogP contribution in [0.2, 0.25) is 0 Å². The molecule has 2 rings (SSSR count). The summed E-state index contributed by atoms with van der Waals surface area (Å²) >= 11 is 0. The van der Waals surface area contributed by atoms with Gasteiger partial charge in [0.15, 0.2) is 0 Å². The molecule has 1 aliphatic rings. The molecule has 1 amide bonds. The fraction of sp³-hybridized carbons (Fsp3) is 0.636. The average Bonchev–Trinajstić information content (AvgIpc) is 2.73. The fourth-order valence-electron chi connectivity index (χ4n) is 1.76. The van der Waals surface area contributed by atoms with Crippen LogP contribution >= 0.6 is 0 Å². The second kappa shape index (κ2) is 4.65. The molecule has 0 aromatic carbocycles. The highest BCUT2D eigenvalue weighted by atomic mass is 16.3. The van der Waals surface area contributed by atoms with Gasteiger partial charge in [0.1, 0.15) is 0 Å². The zero-order valence-electron chi connectivity index (χ0n) is 9.22. The molecule has 1 fully saturated rings. The highest BCUT2D eigenvalue weighted by Gasteiger charge is 2.34. The van der Waals surface area contributed by atoms with Gasteiger partial charge in [-0.2, -0.15) is 0 Å². The molecule has 0 atom stereocenters. The third-order valence-electron chi connectivity index (χ3n) is 3.06. The molecule has 1 saturated carbocycles. The van der Waals surface area contributed by atoms with Crippen molar-refractivity contribution in [1.29, 1.82) is 0 Å². The molecule has 16 heavy (non-hydrogen) atoms. The van der Waals surface area contributed by atoms with Gasteiger partial charge >= 0.3 is 0 Å². The minimum Gasteiger partial charge on any atom is -0.388 e. The molecule has 1 aromatic heterocycles. The van der Waals surface area contributed by atoms with E-state index in [4.69, 9.17) is 0 Å². The number of hydrogen-bond acceptors (Lipinski definition) is 3. The summed E-state index contributed by atoms with van der Waals surface area (Å²) in [5, 5.41) is 12.5. The molecule has 0 saturated heterocycles. The van der Waals surface area contributed by atoms with Crippen molar-refractivity contribution in [3.63, 3.8) is 0 Å². The van der Waals surface area contributed by atoms with Gasteiger partial charge in [0.2, 0.25) is 5.91 Å². The molecule has 0 spiro atoms. The average molecular weight is 223 g/mol. The zero-order valence-corrected chi connectivity index (χ0v) is 9.22. The number of aromatic nitrogens is 2. The maximum Gasteiger partial charge on any atom is 0.221 e. The minimum atomic E-state index is -0.634. The molecule has 0 bridgehead atoms. The van der Waals surface area contributed by atoms with Gasteiger partial charge in [-0.3, -0.25) is 4.79 Å². The lowest BCUT2D eigenvalue weighted by Crippen LogP contribution is -2.47. The van der Waals surface area contributed by atoms with Crippen molar-refractivity contribution in [1.82, 2.24) is 14.9 Å². The lowest BCUT2D eigenvalue weighted by molar-refractivity contribution is -0.123. The van der Waals surface area contributed by atoms with Crippen LogP contribution in [-0.4, -0.2) is 32.7 Å². The smallest absolute Gasteiger partial charge is 0.221 e. The normalized spacial score (nSPS) is 17.8. The number of nitrogens with one attached hydrogen (secondary N) is 1. The first-order chi connectivity index (χ1) is 7.68. The minimum absolute atomic E-state index is 0.0194. The maximum absolute atomic E-state index is 11.5. The van der Waals surface area contributed by atoms with Gasteiger partial charge in [-0.05, 0) is 19.3 Å². The molecule has 5 nitrogen and oxygen atoms in total. The lowest BCUT2D eigenvalue weighted by atomic mass is 9.80. The summed E-state index contributed by atoms with van der Waals surface area (Å²) in [6.45, 7) is 1.01. The number of nitrogens with zero attached hydrogens (tertiary/aromatic N) is 2. The summed E-state index contributed by atoms with van der Waals surface area (Å²) < 4.78 is 1.86. The van der Waals surface area contributed by atoms with Gasteiger partial charge in [0.25, 0.3) is 0 Å². The first-order valence-corrected chi connectivity index (χ1v) is 5.63. The van der Waals surface area contributed by atoms with Crippen molar-refractivity contribution >= 4 is 5.91 Å². The highest BCUT2D eigenvalue weighted by molar-refractivity contribution is 5.75. The summed E-state index contributed by atoms with van der Waals surface area (Å²) in [6.07, 6.45) is 8.28. The molecular weight excluding hydrogens is 206 g/mol. The molecule has 0 aliphatic heterocycles. The van der Waals surface area contributed by atoms with Crippen LogP contribution in [0, 0.1) is 0 Å². The van der Waals surface area contributed by atoms with Crippen LogP contribution in [-0.2, 0) is 11.3 Å². The quantitative estimate of drug-likeness (QED) is 0.754. The van der Waals surface area contributed by atoms with Crippen molar-refractivity contribution in [2.24, 2.45) is 0 Å². The topological polar surface area (TPSA) is 67.2 Å². The van der Waals surface area contributed by atoms with E-state index in [-0.39, 0.29) is 5.91 Å². The molecule has 1 aliphatic carbocycles. The van der Waals surface area contributed by atoms with E-state index in [2.05, 4.69) is 10.3 Å². The van der Waals surface area contributed by atoms with Crippen molar-refractivity contribution in [3.8, 4) is 0 Å². The Morgan fingerprint density at radius 1 is 1.56 bits per heavy atom. The van der Waals surface area contributed by atoms with Gasteiger partial charge in [-0.25, -0.2) is 4.98 Å². The molecule has 0 radical (unpaired) electrons. The molecule has 1 aromatic rings. The van der Waals surface area contributed by atoms with Gasteiger partial charge in [0.05, 0.1) is 11.9 Å². The Kier molecular flexibility index (Phi) is 3.24. The molecule has 88 valence electrons. The number of carbonyl (C=O) groups excluding carboxylic acids is 1. The van der Waals surface area contributed by atoms with Gasteiger partial charge in [0, 0.05) is 31.9 Å². The highest BCUT2D eigenvalue weighted by Crippen LogP contribution is 2.30.